The normalized spacial score (nSPS) is 19.0. The minimum absolute atomic E-state index is 0.0607. The number of imidazole rings is 1. The molecule has 2 aromatic heterocycles. The van der Waals surface area contributed by atoms with Gasteiger partial charge in [0.15, 0.2) is 0 Å². The van der Waals surface area contributed by atoms with Crippen LogP contribution in [0.3, 0.4) is 0 Å². The zero-order chi connectivity index (χ0) is 16.2. The molecule has 1 N–H and O–H groups in total. The second-order valence-electron chi connectivity index (χ2n) is 6.04. The summed E-state index contributed by atoms with van der Waals surface area (Å²) in [5, 5.41) is 5.27. The van der Waals surface area contributed by atoms with E-state index in [0.29, 0.717) is 0 Å². The summed E-state index contributed by atoms with van der Waals surface area (Å²) in [6.45, 7) is 5.78. The number of amides is 2. The fraction of sp³-hybridized carbons (Fsp3) is 0.529. The number of carbonyl (C=O) groups is 1. The Morgan fingerprint density at radius 3 is 3.09 bits per heavy atom. The van der Waals surface area contributed by atoms with Gasteiger partial charge >= 0.3 is 6.03 Å². The molecule has 0 saturated carbocycles. The number of thiophene rings is 1. The van der Waals surface area contributed by atoms with E-state index in [9.17, 15) is 4.79 Å². The van der Waals surface area contributed by atoms with Crippen molar-refractivity contribution in [2.75, 3.05) is 6.54 Å². The van der Waals surface area contributed by atoms with Gasteiger partial charge in [-0.25, -0.2) is 9.78 Å². The van der Waals surface area contributed by atoms with Crippen LogP contribution in [-0.4, -0.2) is 33.1 Å². The lowest BCUT2D eigenvalue weighted by Crippen LogP contribution is -2.45. The maximum atomic E-state index is 12.7. The van der Waals surface area contributed by atoms with Crippen molar-refractivity contribution in [3.63, 3.8) is 0 Å². The summed E-state index contributed by atoms with van der Waals surface area (Å²) in [6.07, 6.45) is 6.84. The highest BCUT2D eigenvalue weighted by molar-refractivity contribution is 7.10. The summed E-state index contributed by atoms with van der Waals surface area (Å²) in [7, 11) is 0. The van der Waals surface area contributed by atoms with E-state index in [-0.39, 0.29) is 18.1 Å². The topological polar surface area (TPSA) is 50.2 Å². The second-order valence-corrected chi connectivity index (χ2v) is 7.02. The Balaban J connectivity index is 1.64. The van der Waals surface area contributed by atoms with Gasteiger partial charge in [0.1, 0.15) is 5.82 Å². The summed E-state index contributed by atoms with van der Waals surface area (Å²) in [5.41, 5.74) is 0. The van der Waals surface area contributed by atoms with Crippen molar-refractivity contribution < 1.29 is 4.79 Å². The summed E-state index contributed by atoms with van der Waals surface area (Å²) in [6, 6.07) is 4.55. The Labute approximate surface area is 141 Å². The van der Waals surface area contributed by atoms with Gasteiger partial charge in [0.25, 0.3) is 0 Å². The molecular formula is C17H24N4OS. The fourth-order valence-electron chi connectivity index (χ4n) is 3.21. The molecule has 2 atom stereocenters. The molecule has 5 nitrogen and oxygen atoms in total. The molecule has 1 fully saturated rings. The molecule has 0 aromatic carbocycles. The Morgan fingerprint density at radius 1 is 1.57 bits per heavy atom. The molecule has 3 heterocycles. The molecular weight excluding hydrogens is 308 g/mol. The first kappa shape index (κ1) is 16.1. The van der Waals surface area contributed by atoms with E-state index in [1.54, 1.807) is 11.3 Å². The van der Waals surface area contributed by atoms with Gasteiger partial charge in [-0.3, -0.25) is 0 Å². The number of rotatable bonds is 5. The van der Waals surface area contributed by atoms with Crippen LogP contribution in [0.5, 0.6) is 0 Å². The monoisotopic (exact) mass is 332 g/mol. The van der Waals surface area contributed by atoms with Gasteiger partial charge in [-0.05, 0) is 37.6 Å². The van der Waals surface area contributed by atoms with Crippen molar-refractivity contribution in [2.24, 2.45) is 0 Å². The molecule has 6 heteroatoms. The van der Waals surface area contributed by atoms with E-state index in [4.69, 9.17) is 0 Å². The first-order chi connectivity index (χ1) is 11.2. The van der Waals surface area contributed by atoms with Crippen LogP contribution in [0, 0.1) is 6.92 Å². The number of urea groups is 1. The molecule has 2 amide bonds. The highest BCUT2D eigenvalue weighted by Gasteiger charge is 2.30. The average Bonchev–Trinajstić information content (AvgIpc) is 3.28. The molecule has 0 spiro atoms. The quantitative estimate of drug-likeness (QED) is 0.910. The third-order valence-corrected chi connectivity index (χ3v) is 5.55. The van der Waals surface area contributed by atoms with Crippen LogP contribution in [0.25, 0.3) is 0 Å². The van der Waals surface area contributed by atoms with Crippen molar-refractivity contribution in [2.45, 2.75) is 51.7 Å². The van der Waals surface area contributed by atoms with Crippen LogP contribution in [0.1, 0.15) is 42.9 Å². The summed E-state index contributed by atoms with van der Waals surface area (Å²) >= 11 is 1.70. The number of hydrogen-bond donors (Lipinski definition) is 1. The minimum Gasteiger partial charge on any atom is -0.333 e. The van der Waals surface area contributed by atoms with Crippen molar-refractivity contribution >= 4 is 17.4 Å². The SMILES string of the molecule is CC[C@@H](NC(=O)N1CCC[C@@H]1Cn1ccnc1C)c1cccs1. The third kappa shape index (κ3) is 3.58. The fourth-order valence-corrected chi connectivity index (χ4v) is 4.07. The molecule has 0 bridgehead atoms. The number of hydrogen-bond acceptors (Lipinski definition) is 3. The molecule has 3 rings (SSSR count). The number of aryl methyl sites for hydroxylation is 1. The van der Waals surface area contributed by atoms with Gasteiger partial charge in [0, 0.05) is 30.4 Å². The van der Waals surface area contributed by atoms with Crippen LogP contribution >= 0.6 is 11.3 Å². The van der Waals surface area contributed by atoms with Crippen LogP contribution in [-0.2, 0) is 6.54 Å². The van der Waals surface area contributed by atoms with Gasteiger partial charge in [-0.1, -0.05) is 13.0 Å². The average molecular weight is 332 g/mol. The number of nitrogens with zero attached hydrogens (tertiary/aromatic N) is 3. The molecule has 1 aliphatic heterocycles. The number of carbonyl (C=O) groups excluding carboxylic acids is 1. The van der Waals surface area contributed by atoms with Crippen molar-refractivity contribution in [1.29, 1.82) is 0 Å². The highest BCUT2D eigenvalue weighted by Crippen LogP contribution is 2.24. The minimum atomic E-state index is 0.0607. The van der Waals surface area contributed by atoms with E-state index in [0.717, 1.165) is 38.2 Å². The molecule has 1 saturated heterocycles. The Morgan fingerprint density at radius 2 is 2.43 bits per heavy atom. The number of nitrogens with one attached hydrogen (secondary N) is 1. The molecule has 2 aromatic rings. The van der Waals surface area contributed by atoms with Crippen LogP contribution < -0.4 is 5.32 Å². The maximum Gasteiger partial charge on any atom is 0.318 e. The molecule has 0 unspecified atom stereocenters. The van der Waals surface area contributed by atoms with Gasteiger partial charge < -0.3 is 14.8 Å². The van der Waals surface area contributed by atoms with Gasteiger partial charge in [-0.15, -0.1) is 11.3 Å². The van der Waals surface area contributed by atoms with E-state index in [1.807, 2.05) is 30.3 Å². The predicted octanol–water partition coefficient (Wildman–Crippen LogP) is 3.58. The lowest BCUT2D eigenvalue weighted by atomic mass is 10.2. The molecule has 23 heavy (non-hydrogen) atoms. The maximum absolute atomic E-state index is 12.7. The first-order valence-electron chi connectivity index (χ1n) is 8.27. The van der Waals surface area contributed by atoms with E-state index < -0.39 is 0 Å². The van der Waals surface area contributed by atoms with Crippen molar-refractivity contribution in [3.8, 4) is 0 Å². The predicted molar refractivity (Wildman–Crippen MR) is 92.6 cm³/mol. The van der Waals surface area contributed by atoms with Crippen LogP contribution in [0.4, 0.5) is 4.79 Å². The smallest absolute Gasteiger partial charge is 0.318 e. The molecule has 1 aliphatic rings. The summed E-state index contributed by atoms with van der Waals surface area (Å²) in [4.78, 5) is 20.2. The van der Waals surface area contributed by atoms with E-state index >= 15 is 0 Å². The molecule has 0 aliphatic carbocycles. The zero-order valence-corrected chi connectivity index (χ0v) is 14.6. The Bertz CT molecular complexity index is 637. The zero-order valence-electron chi connectivity index (χ0n) is 13.7. The van der Waals surface area contributed by atoms with Crippen LogP contribution in [0.15, 0.2) is 29.9 Å². The lowest BCUT2D eigenvalue weighted by Gasteiger charge is -2.28. The first-order valence-corrected chi connectivity index (χ1v) is 9.15. The standard InChI is InChI=1S/C17H24N4OS/c1-3-15(16-7-5-11-23-16)19-17(22)21-9-4-6-14(21)12-20-10-8-18-13(20)2/h5,7-8,10-11,14-15H,3-4,6,9,12H2,1-2H3,(H,19,22)/t14-,15-/m1/s1. The Hall–Kier alpha value is -1.82. The van der Waals surface area contributed by atoms with Crippen LogP contribution in [0.2, 0.25) is 0 Å². The lowest BCUT2D eigenvalue weighted by molar-refractivity contribution is 0.183. The third-order valence-electron chi connectivity index (χ3n) is 4.56. The second kappa shape index (κ2) is 7.17. The van der Waals surface area contributed by atoms with Gasteiger partial charge in [0.05, 0.1) is 12.1 Å². The van der Waals surface area contributed by atoms with E-state index in [1.165, 1.54) is 4.88 Å². The Kier molecular flexibility index (Phi) is 5.00. The number of aromatic nitrogens is 2. The summed E-state index contributed by atoms with van der Waals surface area (Å²) in [5.74, 6) is 1.00. The van der Waals surface area contributed by atoms with E-state index in [2.05, 4.69) is 33.2 Å². The van der Waals surface area contributed by atoms with Gasteiger partial charge in [-0.2, -0.15) is 0 Å². The summed E-state index contributed by atoms with van der Waals surface area (Å²) < 4.78 is 2.13. The largest absolute Gasteiger partial charge is 0.333 e. The molecule has 124 valence electrons. The van der Waals surface area contributed by atoms with Gasteiger partial charge in [0.2, 0.25) is 0 Å². The van der Waals surface area contributed by atoms with Crippen molar-refractivity contribution in [3.05, 3.63) is 40.6 Å². The van der Waals surface area contributed by atoms with Crippen molar-refractivity contribution in [1.82, 2.24) is 19.8 Å². The number of likely N-dealkylation sites (tertiary alicyclic amines) is 1. The highest BCUT2D eigenvalue weighted by atomic mass is 32.1. The molecule has 0 radical (unpaired) electrons.